The van der Waals surface area contributed by atoms with E-state index in [1.165, 1.54) is 25.9 Å². The van der Waals surface area contributed by atoms with Gasteiger partial charge in [-0.05, 0) is 46.4 Å². The van der Waals surface area contributed by atoms with E-state index < -0.39 is 0 Å². The van der Waals surface area contributed by atoms with Gasteiger partial charge in [-0.1, -0.05) is 6.92 Å². The molecule has 1 aliphatic rings. The Morgan fingerprint density at radius 2 is 2.05 bits per heavy atom. The molecule has 1 heterocycles. The molecular weight excluding hydrogens is 242 g/mol. The predicted octanol–water partition coefficient (Wildman–Crippen LogP) is 0.555. The number of ether oxygens (including phenoxy) is 1. The summed E-state index contributed by atoms with van der Waals surface area (Å²) >= 11 is 0. The summed E-state index contributed by atoms with van der Waals surface area (Å²) in [4.78, 5) is 16.5. The van der Waals surface area contributed by atoms with Gasteiger partial charge in [-0.15, -0.1) is 0 Å². The molecule has 1 rings (SSSR count). The Bertz CT molecular complexity index is 255. The summed E-state index contributed by atoms with van der Waals surface area (Å²) in [7, 11) is 2.07. The second-order valence-corrected chi connectivity index (χ2v) is 5.17. The molecule has 1 aliphatic heterocycles. The van der Waals surface area contributed by atoms with Gasteiger partial charge in [-0.3, -0.25) is 4.79 Å². The molecule has 1 unspecified atom stereocenters. The molecule has 1 N–H and O–H groups in total. The minimum atomic E-state index is -0.214. The minimum absolute atomic E-state index is 0.141. The highest BCUT2D eigenvalue weighted by Gasteiger charge is 2.20. The van der Waals surface area contributed by atoms with E-state index in [0.29, 0.717) is 13.2 Å². The molecule has 1 atom stereocenters. The Morgan fingerprint density at radius 3 is 2.63 bits per heavy atom. The van der Waals surface area contributed by atoms with Crippen molar-refractivity contribution >= 4 is 5.97 Å². The van der Waals surface area contributed by atoms with Crippen LogP contribution in [0.5, 0.6) is 0 Å². The summed E-state index contributed by atoms with van der Waals surface area (Å²) < 4.78 is 5.10. The molecule has 0 saturated carbocycles. The number of rotatable bonds is 9. The van der Waals surface area contributed by atoms with Crippen LogP contribution in [-0.2, 0) is 9.53 Å². The van der Waals surface area contributed by atoms with Gasteiger partial charge in [0.1, 0.15) is 6.04 Å². The van der Waals surface area contributed by atoms with Crippen LogP contribution in [0.3, 0.4) is 0 Å². The van der Waals surface area contributed by atoms with E-state index in [2.05, 4.69) is 22.2 Å². The zero-order valence-corrected chi connectivity index (χ0v) is 12.7. The van der Waals surface area contributed by atoms with Crippen molar-refractivity contribution in [3.63, 3.8) is 0 Å². The lowest BCUT2D eigenvalue weighted by molar-refractivity contribution is -0.146. The van der Waals surface area contributed by atoms with Gasteiger partial charge >= 0.3 is 5.97 Å². The third-order valence-electron chi connectivity index (χ3n) is 3.51. The van der Waals surface area contributed by atoms with Crippen LogP contribution in [0.4, 0.5) is 0 Å². The molecule has 5 nitrogen and oxygen atoms in total. The number of carbonyl (C=O) groups is 1. The van der Waals surface area contributed by atoms with Crippen LogP contribution >= 0.6 is 0 Å². The molecule has 0 aromatic heterocycles. The summed E-state index contributed by atoms with van der Waals surface area (Å²) in [5, 5.41) is 3.20. The SMILES string of the molecule is CCNC(CN(C)CCN1CCCC1)C(=O)OCC. The second-order valence-electron chi connectivity index (χ2n) is 5.17. The lowest BCUT2D eigenvalue weighted by Crippen LogP contribution is -2.47. The van der Waals surface area contributed by atoms with Crippen molar-refractivity contribution in [3.05, 3.63) is 0 Å². The first-order valence-corrected chi connectivity index (χ1v) is 7.48. The van der Waals surface area contributed by atoms with Crippen LogP contribution in [-0.4, -0.2) is 74.7 Å². The average molecular weight is 271 g/mol. The fourth-order valence-electron chi connectivity index (χ4n) is 2.43. The summed E-state index contributed by atoms with van der Waals surface area (Å²) in [5.41, 5.74) is 0. The maximum Gasteiger partial charge on any atom is 0.324 e. The van der Waals surface area contributed by atoms with E-state index in [4.69, 9.17) is 4.74 Å². The Morgan fingerprint density at radius 1 is 1.37 bits per heavy atom. The monoisotopic (exact) mass is 271 g/mol. The Labute approximate surface area is 117 Å². The summed E-state index contributed by atoms with van der Waals surface area (Å²) in [6, 6.07) is -0.214. The molecule has 0 aliphatic carbocycles. The number of esters is 1. The quantitative estimate of drug-likeness (QED) is 0.621. The van der Waals surface area contributed by atoms with Crippen molar-refractivity contribution in [1.29, 1.82) is 0 Å². The van der Waals surface area contributed by atoms with Crippen LogP contribution in [0.1, 0.15) is 26.7 Å². The highest BCUT2D eigenvalue weighted by atomic mass is 16.5. The van der Waals surface area contributed by atoms with Crippen molar-refractivity contribution in [3.8, 4) is 0 Å². The van der Waals surface area contributed by atoms with Gasteiger partial charge in [0.15, 0.2) is 0 Å². The molecule has 19 heavy (non-hydrogen) atoms. The average Bonchev–Trinajstić information content (AvgIpc) is 2.89. The van der Waals surface area contributed by atoms with Crippen LogP contribution < -0.4 is 5.32 Å². The molecule has 0 radical (unpaired) electrons. The molecule has 0 spiro atoms. The Hall–Kier alpha value is -0.650. The molecule has 5 heteroatoms. The molecular formula is C14H29N3O2. The number of nitrogens with zero attached hydrogens (tertiary/aromatic N) is 2. The van der Waals surface area contributed by atoms with Crippen LogP contribution in [0.2, 0.25) is 0 Å². The molecule has 0 aromatic carbocycles. The lowest BCUT2D eigenvalue weighted by atomic mass is 10.2. The molecule has 1 fully saturated rings. The van der Waals surface area contributed by atoms with Gasteiger partial charge in [-0.25, -0.2) is 0 Å². The Kier molecular flexibility index (Phi) is 8.02. The normalized spacial score (nSPS) is 17.9. The minimum Gasteiger partial charge on any atom is -0.465 e. The second kappa shape index (κ2) is 9.28. The number of likely N-dealkylation sites (tertiary alicyclic amines) is 1. The number of likely N-dealkylation sites (N-methyl/N-ethyl adjacent to an activating group) is 2. The van der Waals surface area contributed by atoms with Gasteiger partial charge in [0, 0.05) is 19.6 Å². The summed E-state index contributed by atoms with van der Waals surface area (Å²) in [6.45, 7) is 10.3. The Balaban J connectivity index is 2.28. The lowest BCUT2D eigenvalue weighted by Gasteiger charge is -2.25. The fraction of sp³-hybridized carbons (Fsp3) is 0.929. The van der Waals surface area contributed by atoms with Gasteiger partial charge in [-0.2, -0.15) is 0 Å². The molecule has 1 saturated heterocycles. The standard InChI is InChI=1S/C14H29N3O2/c1-4-15-13(14(18)19-5-2)12-16(3)10-11-17-8-6-7-9-17/h13,15H,4-12H2,1-3H3. The molecule has 0 bridgehead atoms. The smallest absolute Gasteiger partial charge is 0.324 e. The maximum absolute atomic E-state index is 11.8. The zero-order valence-electron chi connectivity index (χ0n) is 12.7. The van der Waals surface area contributed by atoms with Gasteiger partial charge in [0.05, 0.1) is 6.61 Å². The van der Waals surface area contributed by atoms with E-state index in [-0.39, 0.29) is 12.0 Å². The number of nitrogens with one attached hydrogen (secondary N) is 1. The van der Waals surface area contributed by atoms with Gasteiger partial charge in [0.2, 0.25) is 0 Å². The van der Waals surface area contributed by atoms with Crippen molar-refractivity contribution in [2.45, 2.75) is 32.7 Å². The van der Waals surface area contributed by atoms with Crippen LogP contribution in [0.15, 0.2) is 0 Å². The summed E-state index contributed by atoms with van der Waals surface area (Å²) in [6.07, 6.45) is 2.65. The van der Waals surface area contributed by atoms with Gasteiger partial charge < -0.3 is 19.9 Å². The first-order valence-electron chi connectivity index (χ1n) is 7.48. The fourth-order valence-corrected chi connectivity index (χ4v) is 2.43. The number of hydrogen-bond donors (Lipinski definition) is 1. The van der Waals surface area contributed by atoms with E-state index in [1.54, 1.807) is 0 Å². The zero-order chi connectivity index (χ0) is 14.1. The van der Waals surface area contributed by atoms with Crippen LogP contribution in [0.25, 0.3) is 0 Å². The molecule has 0 amide bonds. The number of hydrogen-bond acceptors (Lipinski definition) is 5. The first kappa shape index (κ1) is 16.4. The summed E-state index contributed by atoms with van der Waals surface area (Å²) in [5.74, 6) is -0.141. The number of carbonyl (C=O) groups excluding carboxylic acids is 1. The van der Waals surface area contributed by atoms with Gasteiger partial charge in [0.25, 0.3) is 0 Å². The van der Waals surface area contributed by atoms with E-state index in [1.807, 2.05) is 13.8 Å². The van der Waals surface area contributed by atoms with Crippen molar-refractivity contribution < 1.29 is 9.53 Å². The molecule has 112 valence electrons. The highest BCUT2D eigenvalue weighted by Crippen LogP contribution is 2.06. The molecule has 0 aromatic rings. The van der Waals surface area contributed by atoms with E-state index in [0.717, 1.165) is 19.6 Å². The first-order chi connectivity index (χ1) is 9.17. The van der Waals surface area contributed by atoms with Crippen molar-refractivity contribution in [2.24, 2.45) is 0 Å². The van der Waals surface area contributed by atoms with Crippen molar-refractivity contribution in [2.75, 3.05) is 52.9 Å². The van der Waals surface area contributed by atoms with E-state index in [9.17, 15) is 4.79 Å². The highest BCUT2D eigenvalue weighted by molar-refractivity contribution is 5.76. The maximum atomic E-state index is 11.8. The predicted molar refractivity (Wildman–Crippen MR) is 77.3 cm³/mol. The third-order valence-corrected chi connectivity index (χ3v) is 3.51. The largest absolute Gasteiger partial charge is 0.465 e. The topological polar surface area (TPSA) is 44.8 Å². The van der Waals surface area contributed by atoms with Crippen LogP contribution in [0, 0.1) is 0 Å². The van der Waals surface area contributed by atoms with Crippen molar-refractivity contribution in [1.82, 2.24) is 15.1 Å². The van der Waals surface area contributed by atoms with E-state index >= 15 is 0 Å². The third kappa shape index (κ3) is 6.36.